The van der Waals surface area contributed by atoms with E-state index in [0.29, 0.717) is 5.02 Å². The van der Waals surface area contributed by atoms with Gasteiger partial charge in [-0.1, -0.05) is 11.6 Å². The summed E-state index contributed by atoms with van der Waals surface area (Å²) in [6.07, 6.45) is -0.555. The van der Waals surface area contributed by atoms with Crippen molar-refractivity contribution in [1.82, 2.24) is 0 Å². The van der Waals surface area contributed by atoms with E-state index in [1.807, 2.05) is 12.3 Å². The van der Waals surface area contributed by atoms with Gasteiger partial charge in [-0.05, 0) is 24.8 Å². The fourth-order valence-corrected chi connectivity index (χ4v) is 2.31. The van der Waals surface area contributed by atoms with Gasteiger partial charge in [0, 0.05) is 4.88 Å². The molecule has 1 aromatic heterocycles. The number of hydrogen-bond donors (Lipinski definition) is 2. The summed E-state index contributed by atoms with van der Waals surface area (Å²) in [4.78, 5) is 0.865. The average Bonchev–Trinajstić information content (AvgIpc) is 2.32. The summed E-state index contributed by atoms with van der Waals surface area (Å²) >= 11 is 7.46. The van der Waals surface area contributed by atoms with Gasteiger partial charge in [-0.3, -0.25) is 0 Å². The van der Waals surface area contributed by atoms with E-state index in [0.717, 1.165) is 10.4 Å². The van der Waals surface area contributed by atoms with Crippen LogP contribution in [0.2, 0.25) is 5.02 Å². The second-order valence-corrected chi connectivity index (χ2v) is 4.15. The smallest absolute Gasteiger partial charge is 0.0713 e. The van der Waals surface area contributed by atoms with Crippen molar-refractivity contribution in [2.75, 3.05) is 0 Å². The van der Waals surface area contributed by atoms with Crippen molar-refractivity contribution in [3.63, 3.8) is 0 Å². The molecule has 2 nitrogen and oxygen atoms in total. The normalized spacial score (nSPS) is 16.1. The van der Waals surface area contributed by atoms with Crippen LogP contribution in [0.15, 0.2) is 5.38 Å². The first-order chi connectivity index (χ1) is 5.54. The standard InChI is InChI=1S/C8H12ClNOS/c1-4-3-12-8(6(4)9)7(10)5(2)11/h3,5,7,11H,10H2,1-2H3/t5-,7+/m1/s1. The van der Waals surface area contributed by atoms with Gasteiger partial charge in [-0.15, -0.1) is 11.3 Å². The Balaban J connectivity index is 2.95. The van der Waals surface area contributed by atoms with Gasteiger partial charge in [0.1, 0.15) is 0 Å². The van der Waals surface area contributed by atoms with Crippen molar-refractivity contribution in [3.05, 3.63) is 20.8 Å². The molecule has 0 radical (unpaired) electrons. The van der Waals surface area contributed by atoms with Crippen LogP contribution < -0.4 is 5.73 Å². The summed E-state index contributed by atoms with van der Waals surface area (Å²) in [6, 6.07) is -0.365. The minimum atomic E-state index is -0.555. The summed E-state index contributed by atoms with van der Waals surface area (Å²) in [6.45, 7) is 3.59. The van der Waals surface area contributed by atoms with Crippen molar-refractivity contribution in [1.29, 1.82) is 0 Å². The zero-order chi connectivity index (χ0) is 9.30. The molecule has 12 heavy (non-hydrogen) atoms. The molecule has 0 amide bonds. The van der Waals surface area contributed by atoms with Crippen molar-refractivity contribution >= 4 is 22.9 Å². The molecule has 0 aliphatic heterocycles. The predicted octanol–water partition coefficient (Wildman–Crippen LogP) is 2.09. The van der Waals surface area contributed by atoms with Crippen LogP contribution in [0.5, 0.6) is 0 Å². The number of rotatable bonds is 2. The third kappa shape index (κ3) is 1.80. The van der Waals surface area contributed by atoms with Gasteiger partial charge in [-0.25, -0.2) is 0 Å². The number of thiophene rings is 1. The molecule has 4 heteroatoms. The third-order valence-electron chi connectivity index (χ3n) is 1.75. The Morgan fingerprint density at radius 2 is 2.25 bits per heavy atom. The Hall–Kier alpha value is -0.0900. The predicted molar refractivity (Wildman–Crippen MR) is 52.7 cm³/mol. The molecule has 0 aliphatic rings. The van der Waals surface area contributed by atoms with E-state index >= 15 is 0 Å². The maximum absolute atomic E-state index is 9.23. The van der Waals surface area contributed by atoms with Crippen LogP contribution in [-0.4, -0.2) is 11.2 Å². The molecular weight excluding hydrogens is 194 g/mol. The summed E-state index contributed by atoms with van der Waals surface area (Å²) in [5, 5.41) is 11.9. The van der Waals surface area contributed by atoms with Crippen LogP contribution in [0.25, 0.3) is 0 Å². The number of aryl methyl sites for hydroxylation is 1. The molecule has 2 atom stereocenters. The molecule has 0 saturated heterocycles. The fourth-order valence-electron chi connectivity index (χ4n) is 0.894. The zero-order valence-corrected chi connectivity index (χ0v) is 8.62. The molecule has 0 bridgehead atoms. The third-order valence-corrected chi connectivity index (χ3v) is 3.56. The lowest BCUT2D eigenvalue weighted by Crippen LogP contribution is -2.22. The van der Waals surface area contributed by atoms with Crippen LogP contribution in [0, 0.1) is 6.92 Å². The molecule has 1 rings (SSSR count). The molecule has 0 aromatic carbocycles. The van der Waals surface area contributed by atoms with Crippen LogP contribution in [0.4, 0.5) is 0 Å². The minimum Gasteiger partial charge on any atom is -0.391 e. The first-order valence-corrected chi connectivity index (χ1v) is 4.97. The van der Waals surface area contributed by atoms with E-state index in [4.69, 9.17) is 17.3 Å². The highest BCUT2D eigenvalue weighted by Crippen LogP contribution is 2.32. The Kier molecular flexibility index (Phi) is 3.12. The van der Waals surface area contributed by atoms with E-state index in [1.165, 1.54) is 11.3 Å². The molecule has 0 aliphatic carbocycles. The Labute approximate surface area is 81.0 Å². The van der Waals surface area contributed by atoms with Gasteiger partial charge < -0.3 is 10.8 Å². The first-order valence-electron chi connectivity index (χ1n) is 3.71. The summed E-state index contributed by atoms with van der Waals surface area (Å²) in [5.74, 6) is 0. The maximum Gasteiger partial charge on any atom is 0.0713 e. The molecule has 3 N–H and O–H groups in total. The summed E-state index contributed by atoms with van der Waals surface area (Å²) < 4.78 is 0. The number of aliphatic hydroxyl groups excluding tert-OH is 1. The number of nitrogens with two attached hydrogens (primary N) is 1. The first kappa shape index (κ1) is 9.99. The Morgan fingerprint density at radius 3 is 2.58 bits per heavy atom. The fraction of sp³-hybridized carbons (Fsp3) is 0.500. The summed E-state index contributed by atoms with van der Waals surface area (Å²) in [7, 11) is 0. The lowest BCUT2D eigenvalue weighted by atomic mass is 10.1. The molecule has 1 heterocycles. The summed E-state index contributed by atoms with van der Waals surface area (Å²) in [5.41, 5.74) is 6.75. The van der Waals surface area contributed by atoms with Crippen molar-refractivity contribution in [2.24, 2.45) is 5.73 Å². The van der Waals surface area contributed by atoms with E-state index in [1.54, 1.807) is 6.92 Å². The van der Waals surface area contributed by atoms with E-state index in [9.17, 15) is 5.11 Å². The van der Waals surface area contributed by atoms with Crippen molar-refractivity contribution < 1.29 is 5.11 Å². The number of hydrogen-bond acceptors (Lipinski definition) is 3. The van der Waals surface area contributed by atoms with Gasteiger partial charge in [0.15, 0.2) is 0 Å². The molecule has 0 fully saturated rings. The molecular formula is C8H12ClNOS. The molecule has 68 valence electrons. The minimum absolute atomic E-state index is 0.365. The largest absolute Gasteiger partial charge is 0.391 e. The van der Waals surface area contributed by atoms with Crippen LogP contribution in [0.3, 0.4) is 0 Å². The molecule has 0 saturated carbocycles. The Morgan fingerprint density at radius 1 is 1.67 bits per heavy atom. The van der Waals surface area contributed by atoms with Crippen LogP contribution >= 0.6 is 22.9 Å². The average molecular weight is 206 g/mol. The topological polar surface area (TPSA) is 46.2 Å². The Bertz CT molecular complexity index is 272. The number of aliphatic hydroxyl groups is 1. The highest BCUT2D eigenvalue weighted by Gasteiger charge is 2.17. The van der Waals surface area contributed by atoms with Gasteiger partial charge in [0.2, 0.25) is 0 Å². The van der Waals surface area contributed by atoms with E-state index in [2.05, 4.69) is 0 Å². The van der Waals surface area contributed by atoms with Crippen molar-refractivity contribution in [2.45, 2.75) is 26.0 Å². The van der Waals surface area contributed by atoms with Crippen LogP contribution in [0.1, 0.15) is 23.4 Å². The highest BCUT2D eigenvalue weighted by molar-refractivity contribution is 7.10. The quantitative estimate of drug-likeness (QED) is 0.777. The molecule has 0 unspecified atom stereocenters. The molecule has 0 spiro atoms. The zero-order valence-electron chi connectivity index (χ0n) is 7.04. The van der Waals surface area contributed by atoms with E-state index in [-0.39, 0.29) is 6.04 Å². The van der Waals surface area contributed by atoms with Gasteiger partial charge in [-0.2, -0.15) is 0 Å². The van der Waals surface area contributed by atoms with Crippen molar-refractivity contribution in [3.8, 4) is 0 Å². The van der Waals surface area contributed by atoms with Gasteiger partial charge in [0.05, 0.1) is 17.2 Å². The van der Waals surface area contributed by atoms with Gasteiger partial charge >= 0.3 is 0 Å². The van der Waals surface area contributed by atoms with Crippen LogP contribution in [-0.2, 0) is 0 Å². The second kappa shape index (κ2) is 3.75. The lowest BCUT2D eigenvalue weighted by molar-refractivity contribution is 0.165. The van der Waals surface area contributed by atoms with E-state index < -0.39 is 6.10 Å². The lowest BCUT2D eigenvalue weighted by Gasteiger charge is -2.13. The van der Waals surface area contributed by atoms with Gasteiger partial charge in [0.25, 0.3) is 0 Å². The maximum atomic E-state index is 9.23. The monoisotopic (exact) mass is 205 g/mol. The SMILES string of the molecule is Cc1csc([C@@H](N)[C@@H](C)O)c1Cl. The second-order valence-electron chi connectivity index (χ2n) is 2.86. The number of halogens is 1. The molecule has 1 aromatic rings. The highest BCUT2D eigenvalue weighted by atomic mass is 35.5.